The number of carbonyl (C=O) groups excluding carboxylic acids is 3. The number of nitrogen functional groups attached to an aromatic ring is 1. The fraction of sp³-hybridized carbons (Fsp3) is 0. The van der Waals surface area contributed by atoms with Crippen LogP contribution in [0.1, 0.15) is 15.9 Å². The fourth-order valence-corrected chi connectivity index (χ4v) is 6.01. The van der Waals surface area contributed by atoms with Gasteiger partial charge in [-0.15, -0.1) is 10.2 Å². The standard InChI is InChI=1S/C29H20N8O12S2.3Na/c30-23-22-19(13-21(50(44,45)46)25(23)35-32-15-6-9-17(10-7-15)37(42)43)24(34-31-14-4-2-1-3-5-14)28(51(47,48)49)26(27(22)39)36-33-16-8-11-20(38)18(12-16)29(40)41;;;/h1-13,31,34H,30H2,(H,40,41)(H,44,45,46)(H,47,48,49);;;/q;3*+1/p-3/b33-16-,35-32?,36-26+;;;. The van der Waals surface area contributed by atoms with Gasteiger partial charge >= 0.3 is 88.7 Å². The van der Waals surface area contributed by atoms with Crippen LogP contribution in [0.4, 0.5) is 28.4 Å². The molecule has 0 unspecified atom stereocenters. The predicted molar refractivity (Wildman–Crippen MR) is 172 cm³/mol. The molecule has 0 saturated carbocycles. The van der Waals surface area contributed by atoms with Crippen LogP contribution in [0, 0.1) is 10.1 Å². The van der Waals surface area contributed by atoms with Crippen molar-refractivity contribution in [3.05, 3.63) is 111 Å². The molecule has 0 aromatic heterocycles. The molecule has 25 heteroatoms. The number of benzene rings is 3. The Hall–Kier alpha value is -3.75. The van der Waals surface area contributed by atoms with Crippen LogP contribution in [-0.4, -0.2) is 59.8 Å². The maximum absolute atomic E-state index is 14.0. The molecule has 20 nitrogen and oxygen atoms in total. The van der Waals surface area contributed by atoms with Gasteiger partial charge in [-0.25, -0.2) is 16.8 Å². The Balaban J connectivity index is 0.00000336. The number of nitrogens with one attached hydrogen (secondary N) is 2. The van der Waals surface area contributed by atoms with Gasteiger partial charge in [-0.2, -0.15) is 10.2 Å². The van der Waals surface area contributed by atoms with Crippen molar-refractivity contribution in [2.45, 2.75) is 4.90 Å². The van der Waals surface area contributed by atoms with Crippen molar-refractivity contribution in [1.82, 2.24) is 5.43 Å². The number of rotatable bonds is 10. The zero-order valence-electron chi connectivity index (χ0n) is 28.0. The second-order valence-corrected chi connectivity index (χ2v) is 12.8. The van der Waals surface area contributed by atoms with Crippen LogP contribution in [0.15, 0.2) is 115 Å². The first-order valence-electron chi connectivity index (χ1n) is 13.7. The minimum atomic E-state index is -5.76. The summed E-state index contributed by atoms with van der Waals surface area (Å²) in [6, 6.07) is 12.6. The van der Waals surface area contributed by atoms with E-state index in [1.54, 1.807) is 18.2 Å². The summed E-state index contributed by atoms with van der Waals surface area (Å²) in [6.45, 7) is 0. The van der Waals surface area contributed by atoms with Gasteiger partial charge in [-0.3, -0.25) is 25.1 Å². The van der Waals surface area contributed by atoms with Crippen LogP contribution in [0.3, 0.4) is 0 Å². The Kier molecular flexibility index (Phi) is 16.1. The first kappa shape index (κ1) is 46.4. The van der Waals surface area contributed by atoms with Crippen LogP contribution in [0.25, 0.3) is 5.70 Å². The molecule has 4 N–H and O–H groups in total. The molecule has 0 spiro atoms. The molecule has 0 fully saturated rings. The van der Waals surface area contributed by atoms with Crippen LogP contribution < -0.4 is 110 Å². The van der Waals surface area contributed by atoms with Gasteiger partial charge in [0.1, 0.15) is 30.8 Å². The summed E-state index contributed by atoms with van der Waals surface area (Å²) in [5.74, 6) is -4.31. The molecule has 0 bridgehead atoms. The number of hydrogen-bond donors (Lipinski definition) is 3. The number of nitro benzene ring substituents is 1. The molecule has 0 atom stereocenters. The monoisotopic (exact) mass is 802 g/mol. The SMILES string of the molecule is Nc1c(N=Nc2ccc([N+](=O)[O-])cc2)c(S(=O)(=O)[O-])cc2c1C(=O)/C(=N\N=C1\C=CC(=O)C(C(=O)[O-])=C1)C(S(=O)(=O)[O-])=C2NNc1ccccc1.[Na+].[Na+].[Na+]. The van der Waals surface area contributed by atoms with E-state index in [1.165, 1.54) is 12.1 Å². The number of azo groups is 1. The summed E-state index contributed by atoms with van der Waals surface area (Å²) in [6.07, 6.45) is 2.43. The Bertz CT molecular complexity index is 2470. The number of nitrogens with two attached hydrogens (primary N) is 1. The van der Waals surface area contributed by atoms with E-state index in [9.17, 15) is 55.5 Å². The number of nitro groups is 1. The Morgan fingerprint density at radius 2 is 1.46 bits per heavy atom. The van der Waals surface area contributed by atoms with Crippen molar-refractivity contribution in [3.8, 4) is 0 Å². The zero-order chi connectivity index (χ0) is 37.2. The summed E-state index contributed by atoms with van der Waals surface area (Å²) in [5.41, 5.74) is 4.56. The van der Waals surface area contributed by atoms with Crippen molar-refractivity contribution in [1.29, 1.82) is 0 Å². The zero-order valence-corrected chi connectivity index (χ0v) is 35.7. The summed E-state index contributed by atoms with van der Waals surface area (Å²) < 4.78 is 75.7. The van der Waals surface area contributed by atoms with Crippen LogP contribution >= 0.6 is 0 Å². The number of carbonyl (C=O) groups is 3. The van der Waals surface area contributed by atoms with Crippen LogP contribution in [0.2, 0.25) is 0 Å². The number of aliphatic carboxylic acids is 1. The van der Waals surface area contributed by atoms with Gasteiger partial charge in [-0.1, -0.05) is 18.2 Å². The Morgan fingerprint density at radius 1 is 0.833 bits per heavy atom. The molecule has 0 amide bonds. The number of fused-ring (bicyclic) bond motifs is 1. The fourth-order valence-electron chi connectivity index (χ4n) is 4.58. The summed E-state index contributed by atoms with van der Waals surface area (Å²) >= 11 is 0. The summed E-state index contributed by atoms with van der Waals surface area (Å²) in [5, 5.41) is 37.0. The van der Waals surface area contributed by atoms with E-state index in [4.69, 9.17) is 5.73 Å². The number of hydrogen-bond acceptors (Lipinski definition) is 19. The third-order valence-electron chi connectivity index (χ3n) is 6.86. The summed E-state index contributed by atoms with van der Waals surface area (Å²) in [4.78, 5) is 44.8. The molecule has 260 valence electrons. The second kappa shape index (κ2) is 18.7. The predicted octanol–water partition coefficient (Wildman–Crippen LogP) is -7.85. The quantitative estimate of drug-likeness (QED) is 0.0251. The number of non-ortho nitro benzene ring substituents is 1. The van der Waals surface area contributed by atoms with Gasteiger partial charge in [0, 0.05) is 23.3 Å². The molecule has 0 heterocycles. The minimum absolute atomic E-state index is 0. The first-order valence-corrected chi connectivity index (χ1v) is 16.5. The minimum Gasteiger partial charge on any atom is -0.744 e. The molecule has 3 aromatic rings. The van der Waals surface area contributed by atoms with E-state index in [0.29, 0.717) is 12.1 Å². The molecule has 2 aliphatic carbocycles. The third-order valence-corrected chi connectivity index (χ3v) is 8.60. The molecular weight excluding hydrogens is 785 g/mol. The average Bonchev–Trinajstić information content (AvgIpc) is 3.06. The number of nitrogens with zero attached hydrogens (tertiary/aromatic N) is 5. The maximum Gasteiger partial charge on any atom is 1.00 e. The van der Waals surface area contributed by atoms with Crippen molar-refractivity contribution in [2.75, 3.05) is 11.2 Å². The third kappa shape index (κ3) is 10.3. The smallest absolute Gasteiger partial charge is 0.744 e. The van der Waals surface area contributed by atoms with Gasteiger partial charge in [0.25, 0.3) is 5.69 Å². The topological polar surface area (TPSA) is 331 Å². The van der Waals surface area contributed by atoms with E-state index in [2.05, 4.69) is 31.3 Å². The molecule has 0 radical (unpaired) electrons. The normalized spacial score (nSPS) is 15.5. The number of carboxylic acid groups (broad SMARTS) is 1. The van der Waals surface area contributed by atoms with Gasteiger partial charge in [0.15, 0.2) is 11.5 Å². The number of anilines is 2. The maximum atomic E-state index is 14.0. The molecule has 5 rings (SSSR count). The summed E-state index contributed by atoms with van der Waals surface area (Å²) in [7, 11) is -11.3. The van der Waals surface area contributed by atoms with Gasteiger partial charge in [0.05, 0.1) is 49.8 Å². The van der Waals surface area contributed by atoms with Gasteiger partial charge < -0.3 is 30.2 Å². The van der Waals surface area contributed by atoms with Crippen molar-refractivity contribution in [2.24, 2.45) is 20.4 Å². The van der Waals surface area contributed by atoms with E-state index in [0.717, 1.165) is 36.4 Å². The largest absolute Gasteiger partial charge is 1.00 e. The number of allylic oxidation sites excluding steroid dienone is 4. The van der Waals surface area contributed by atoms with Crippen LogP contribution in [-0.2, 0) is 29.8 Å². The van der Waals surface area contributed by atoms with Gasteiger partial charge in [0.2, 0.25) is 5.78 Å². The number of ketones is 2. The van der Waals surface area contributed by atoms with E-state index in [-0.39, 0.29) is 106 Å². The molecule has 2 aliphatic rings. The van der Waals surface area contributed by atoms with Crippen LogP contribution in [0.5, 0.6) is 0 Å². The number of carboxylic acids is 1. The molecule has 0 aliphatic heterocycles. The van der Waals surface area contributed by atoms with E-state index >= 15 is 0 Å². The van der Waals surface area contributed by atoms with Crippen molar-refractivity contribution in [3.63, 3.8) is 0 Å². The molecule has 54 heavy (non-hydrogen) atoms. The van der Waals surface area contributed by atoms with E-state index in [1.807, 2.05) is 0 Å². The van der Waals surface area contributed by atoms with Gasteiger partial charge in [-0.05, 0) is 48.6 Å². The Labute approximate surface area is 371 Å². The number of para-hydroxylation sites is 1. The molecule has 0 saturated heterocycles. The van der Waals surface area contributed by atoms with E-state index < -0.39 is 97.7 Å². The Morgan fingerprint density at radius 3 is 2.02 bits per heavy atom. The molecule has 3 aromatic carbocycles. The average molecular weight is 803 g/mol. The van der Waals surface area contributed by atoms with Crippen molar-refractivity contribution >= 4 is 83.3 Å². The first-order chi connectivity index (χ1) is 24.0. The van der Waals surface area contributed by atoms with Crippen molar-refractivity contribution < 1.29 is 139 Å². The number of Topliss-reactive ketones (excluding diaryl/α,β-unsaturated/α-hetero) is 1. The second-order valence-electron chi connectivity index (χ2n) is 10.1. The molecular formula is C29H17N8Na3O12S2. The number of hydrazine groups is 1.